The fraction of sp³-hybridized carbons (Fsp3) is 0.320. The Morgan fingerprint density at radius 2 is 1.85 bits per heavy atom. The number of esters is 1. The number of tetrazole rings is 1. The van der Waals surface area contributed by atoms with Crippen LogP contribution in [0.5, 0.6) is 0 Å². The fourth-order valence-corrected chi connectivity index (χ4v) is 3.77. The van der Waals surface area contributed by atoms with Gasteiger partial charge in [-0.1, -0.05) is 49.7 Å². The van der Waals surface area contributed by atoms with Crippen molar-refractivity contribution in [2.45, 2.75) is 32.5 Å². The van der Waals surface area contributed by atoms with Crippen LogP contribution in [0.1, 0.15) is 30.0 Å². The molecule has 16 heteroatoms. The Hall–Kier alpha value is -4.63. The van der Waals surface area contributed by atoms with E-state index in [0.29, 0.717) is 16.1 Å². The summed E-state index contributed by atoms with van der Waals surface area (Å²) < 4.78 is 24.0. The normalized spacial score (nSPS) is 12.5. The van der Waals surface area contributed by atoms with Crippen molar-refractivity contribution < 1.29 is 38.1 Å². The van der Waals surface area contributed by atoms with Crippen LogP contribution >= 0.6 is 11.6 Å². The molecule has 0 saturated carbocycles. The van der Waals surface area contributed by atoms with Crippen LogP contribution in [0.3, 0.4) is 0 Å². The van der Waals surface area contributed by atoms with E-state index >= 15 is 0 Å². The van der Waals surface area contributed by atoms with E-state index in [2.05, 4.69) is 36.1 Å². The molecule has 3 aromatic rings. The van der Waals surface area contributed by atoms with Crippen LogP contribution in [0.15, 0.2) is 42.5 Å². The fourth-order valence-electron chi connectivity index (χ4n) is 3.59. The monoisotopic (exact) mass is 591 g/mol. The van der Waals surface area contributed by atoms with Gasteiger partial charge in [-0.2, -0.15) is 5.21 Å². The molecule has 0 aliphatic carbocycles. The number of H-pyrrole nitrogens is 1. The number of aromatic amines is 1. The number of aliphatic carboxylic acids is 1. The molecule has 0 fully saturated rings. The van der Waals surface area contributed by atoms with E-state index in [1.807, 2.05) is 0 Å². The van der Waals surface area contributed by atoms with Crippen LogP contribution in [0.4, 0.5) is 9.18 Å². The summed E-state index contributed by atoms with van der Waals surface area (Å²) in [4.78, 5) is 49.1. The standard InChI is InChI=1S/C25H27ClFN7O7/c1-13(2)20(28-25(39)40-3)24(38)41-19(23(36)37)12-34(31-22(35)21-29-32-33-30-21)11-14-4-6-15(7-5-14)17-10-16(26)8-9-18(17)27/h4-10,13,19-20H,11-12H2,1-3H3,(H,28,39)(H,31,35)(H,36,37)(H,29,30,32,33)/t19-,20+/m1/s1. The maximum Gasteiger partial charge on any atom is 0.407 e. The minimum Gasteiger partial charge on any atom is -0.478 e. The van der Waals surface area contributed by atoms with Gasteiger partial charge in [0.1, 0.15) is 11.9 Å². The average molecular weight is 592 g/mol. The molecular formula is C25H27ClFN7O7. The van der Waals surface area contributed by atoms with Gasteiger partial charge < -0.3 is 19.9 Å². The minimum atomic E-state index is -1.77. The molecule has 4 N–H and O–H groups in total. The van der Waals surface area contributed by atoms with Crippen LogP contribution in [-0.4, -0.2) is 80.5 Å². The number of carboxylic acid groups (broad SMARTS) is 1. The van der Waals surface area contributed by atoms with Crippen LogP contribution in [-0.2, 0) is 25.6 Å². The average Bonchev–Trinajstić information content (AvgIpc) is 3.48. The van der Waals surface area contributed by atoms with Crippen LogP contribution in [0.25, 0.3) is 11.1 Å². The van der Waals surface area contributed by atoms with E-state index in [9.17, 15) is 28.7 Å². The van der Waals surface area contributed by atoms with Gasteiger partial charge in [0.05, 0.1) is 13.7 Å². The van der Waals surface area contributed by atoms with Gasteiger partial charge in [-0.15, -0.1) is 10.2 Å². The number of hydrazine groups is 1. The summed E-state index contributed by atoms with van der Waals surface area (Å²) in [6.45, 7) is 2.65. The van der Waals surface area contributed by atoms with Gasteiger partial charge in [-0.25, -0.2) is 23.8 Å². The molecule has 0 unspecified atom stereocenters. The van der Waals surface area contributed by atoms with Crippen LogP contribution in [0, 0.1) is 11.7 Å². The molecule has 218 valence electrons. The number of nitrogens with zero attached hydrogens (tertiary/aromatic N) is 4. The van der Waals surface area contributed by atoms with Crippen LogP contribution < -0.4 is 10.7 Å². The third-order valence-corrected chi connectivity index (χ3v) is 5.91. The summed E-state index contributed by atoms with van der Waals surface area (Å²) in [5.74, 6) is -4.61. The number of carbonyl (C=O) groups excluding carboxylic acids is 3. The van der Waals surface area contributed by atoms with Gasteiger partial charge in [-0.05, 0) is 40.5 Å². The maximum absolute atomic E-state index is 14.3. The van der Waals surface area contributed by atoms with Crippen molar-refractivity contribution in [1.29, 1.82) is 0 Å². The topological polar surface area (TPSA) is 189 Å². The number of rotatable bonds is 12. The lowest BCUT2D eigenvalue weighted by molar-refractivity contribution is -0.167. The highest BCUT2D eigenvalue weighted by molar-refractivity contribution is 6.30. The number of ether oxygens (including phenoxy) is 2. The molecule has 41 heavy (non-hydrogen) atoms. The smallest absolute Gasteiger partial charge is 0.407 e. The number of benzene rings is 2. The number of carbonyl (C=O) groups is 4. The quantitative estimate of drug-likeness (QED) is 0.178. The lowest BCUT2D eigenvalue weighted by atomic mass is 10.0. The first-order valence-electron chi connectivity index (χ1n) is 12.1. The third-order valence-electron chi connectivity index (χ3n) is 5.67. The number of amides is 2. The molecule has 0 spiro atoms. The highest BCUT2D eigenvalue weighted by Gasteiger charge is 2.33. The molecule has 0 aliphatic rings. The number of aromatic nitrogens is 4. The van der Waals surface area contributed by atoms with E-state index in [1.165, 1.54) is 23.2 Å². The Morgan fingerprint density at radius 1 is 1.15 bits per heavy atom. The number of carboxylic acids is 1. The molecule has 1 heterocycles. The van der Waals surface area contributed by atoms with E-state index in [4.69, 9.17) is 16.3 Å². The molecule has 3 rings (SSSR count). The van der Waals surface area contributed by atoms with Gasteiger partial charge in [0.15, 0.2) is 0 Å². The maximum atomic E-state index is 14.3. The summed E-state index contributed by atoms with van der Waals surface area (Å²) in [6.07, 6.45) is -2.67. The number of nitrogens with one attached hydrogen (secondary N) is 3. The SMILES string of the molecule is COC(=O)N[C@H](C(=O)O[C@H](CN(Cc1ccc(-c2cc(Cl)ccc2F)cc1)NC(=O)c1nn[nH]n1)C(=O)O)C(C)C. The van der Waals surface area contributed by atoms with Gasteiger partial charge in [0.25, 0.3) is 5.82 Å². The highest BCUT2D eigenvalue weighted by Crippen LogP contribution is 2.26. The third kappa shape index (κ3) is 8.68. The summed E-state index contributed by atoms with van der Waals surface area (Å²) in [5.41, 5.74) is 3.86. The zero-order valence-corrected chi connectivity index (χ0v) is 22.9. The van der Waals surface area contributed by atoms with E-state index in [0.717, 1.165) is 7.11 Å². The number of methoxy groups -OCH3 is 1. The molecule has 2 amide bonds. The molecular weight excluding hydrogens is 565 g/mol. The molecule has 2 atom stereocenters. The predicted octanol–water partition coefficient (Wildman–Crippen LogP) is 2.18. The number of halogens is 2. The van der Waals surface area contributed by atoms with E-state index in [-0.39, 0.29) is 17.9 Å². The van der Waals surface area contributed by atoms with Crippen molar-refractivity contribution in [1.82, 2.24) is 36.4 Å². The Kier molecular flexibility index (Phi) is 10.7. The molecule has 2 aromatic carbocycles. The molecule has 0 bridgehead atoms. The van der Waals surface area contributed by atoms with Crippen molar-refractivity contribution in [2.75, 3.05) is 13.7 Å². The second kappa shape index (κ2) is 14.1. The van der Waals surface area contributed by atoms with E-state index in [1.54, 1.807) is 38.1 Å². The highest BCUT2D eigenvalue weighted by atomic mass is 35.5. The minimum absolute atomic E-state index is 0.0722. The first-order valence-corrected chi connectivity index (χ1v) is 12.5. The molecule has 0 saturated heterocycles. The first kappa shape index (κ1) is 30.9. The zero-order chi connectivity index (χ0) is 30.1. The first-order chi connectivity index (χ1) is 19.5. The van der Waals surface area contributed by atoms with Gasteiger partial charge in [0.2, 0.25) is 6.10 Å². The van der Waals surface area contributed by atoms with Crippen molar-refractivity contribution in [2.24, 2.45) is 5.92 Å². The van der Waals surface area contributed by atoms with E-state index < -0.39 is 54.4 Å². The molecule has 0 radical (unpaired) electrons. The van der Waals surface area contributed by atoms with Gasteiger partial charge in [-0.3, -0.25) is 10.2 Å². The zero-order valence-electron chi connectivity index (χ0n) is 22.1. The lowest BCUT2D eigenvalue weighted by Gasteiger charge is -2.27. The summed E-state index contributed by atoms with van der Waals surface area (Å²) >= 11 is 6.00. The van der Waals surface area contributed by atoms with Crippen molar-refractivity contribution in [3.05, 3.63) is 64.7 Å². The largest absolute Gasteiger partial charge is 0.478 e. The van der Waals surface area contributed by atoms with Crippen molar-refractivity contribution in [3.8, 4) is 11.1 Å². The number of hydrogen-bond donors (Lipinski definition) is 4. The predicted molar refractivity (Wildman–Crippen MR) is 141 cm³/mol. The Labute approximate surface area is 238 Å². The Bertz CT molecular complexity index is 1370. The Balaban J connectivity index is 1.82. The van der Waals surface area contributed by atoms with Gasteiger partial charge in [0, 0.05) is 17.1 Å². The van der Waals surface area contributed by atoms with Gasteiger partial charge >= 0.3 is 23.9 Å². The van der Waals surface area contributed by atoms with Crippen molar-refractivity contribution >= 4 is 35.5 Å². The summed E-state index contributed by atoms with van der Waals surface area (Å²) in [5, 5.41) is 26.3. The number of hydrogen-bond acceptors (Lipinski definition) is 10. The molecule has 0 aliphatic heterocycles. The van der Waals surface area contributed by atoms with Crippen LogP contribution in [0.2, 0.25) is 5.02 Å². The second-order valence-electron chi connectivity index (χ2n) is 9.00. The van der Waals surface area contributed by atoms with Crippen molar-refractivity contribution in [3.63, 3.8) is 0 Å². The lowest BCUT2D eigenvalue weighted by Crippen LogP contribution is -2.51. The molecule has 1 aromatic heterocycles. The summed E-state index contributed by atoms with van der Waals surface area (Å²) in [6, 6.07) is 9.49. The number of alkyl carbamates (subject to hydrolysis) is 1. The Morgan fingerprint density at radius 3 is 2.44 bits per heavy atom. The second-order valence-corrected chi connectivity index (χ2v) is 9.44. The molecule has 14 nitrogen and oxygen atoms in total. The summed E-state index contributed by atoms with van der Waals surface area (Å²) in [7, 11) is 1.11.